The van der Waals surface area contributed by atoms with Gasteiger partial charge in [0, 0.05) is 5.69 Å². The van der Waals surface area contributed by atoms with Crippen molar-refractivity contribution in [3.8, 4) is 11.8 Å². The van der Waals surface area contributed by atoms with Crippen molar-refractivity contribution in [2.75, 3.05) is 17.2 Å². The third-order valence-electron chi connectivity index (χ3n) is 4.34. The SMILES string of the molecule is N#Cc1ccccc1OCC(=O)Nc1ccc(NC(=O)c2ccccc2F)cc1C(F)(F)F. The molecule has 6 nitrogen and oxygen atoms in total. The Morgan fingerprint density at radius 2 is 1.67 bits per heavy atom. The van der Waals surface area contributed by atoms with Gasteiger partial charge in [-0.3, -0.25) is 9.59 Å². The zero-order valence-corrected chi connectivity index (χ0v) is 16.7. The molecule has 0 fully saturated rings. The fourth-order valence-corrected chi connectivity index (χ4v) is 2.82. The highest BCUT2D eigenvalue weighted by molar-refractivity contribution is 6.04. The first-order valence-corrected chi connectivity index (χ1v) is 9.38. The van der Waals surface area contributed by atoms with E-state index in [1.165, 1.54) is 30.3 Å². The van der Waals surface area contributed by atoms with Crippen molar-refractivity contribution in [2.45, 2.75) is 6.18 Å². The van der Waals surface area contributed by atoms with Gasteiger partial charge in [-0.1, -0.05) is 24.3 Å². The predicted octanol–water partition coefficient (Wildman–Crippen LogP) is 4.99. The number of para-hydroxylation sites is 1. The topological polar surface area (TPSA) is 91.2 Å². The lowest BCUT2D eigenvalue weighted by atomic mass is 10.1. The number of nitrogens with one attached hydrogen (secondary N) is 2. The van der Waals surface area contributed by atoms with Crippen LogP contribution in [0.5, 0.6) is 5.75 Å². The molecule has 168 valence electrons. The van der Waals surface area contributed by atoms with Crippen LogP contribution in [0.15, 0.2) is 66.7 Å². The molecule has 0 heterocycles. The van der Waals surface area contributed by atoms with Crippen LogP contribution in [0.4, 0.5) is 28.9 Å². The Bertz CT molecular complexity index is 1240. The second kappa shape index (κ2) is 9.82. The third kappa shape index (κ3) is 5.86. The molecule has 3 rings (SSSR count). The van der Waals surface area contributed by atoms with Crippen molar-refractivity contribution in [2.24, 2.45) is 0 Å². The second-order valence-corrected chi connectivity index (χ2v) is 6.64. The van der Waals surface area contributed by atoms with Gasteiger partial charge >= 0.3 is 6.18 Å². The van der Waals surface area contributed by atoms with Crippen LogP contribution in [-0.4, -0.2) is 18.4 Å². The fraction of sp³-hybridized carbons (Fsp3) is 0.0870. The van der Waals surface area contributed by atoms with E-state index in [-0.39, 0.29) is 22.6 Å². The van der Waals surface area contributed by atoms with E-state index in [1.54, 1.807) is 12.1 Å². The molecule has 2 amide bonds. The molecule has 10 heteroatoms. The molecule has 0 atom stereocenters. The number of carbonyl (C=O) groups is 2. The first-order chi connectivity index (χ1) is 15.7. The summed E-state index contributed by atoms with van der Waals surface area (Å²) in [6.07, 6.45) is -4.87. The van der Waals surface area contributed by atoms with E-state index in [1.807, 2.05) is 6.07 Å². The van der Waals surface area contributed by atoms with E-state index < -0.39 is 41.7 Å². The van der Waals surface area contributed by atoms with Crippen LogP contribution < -0.4 is 15.4 Å². The molecule has 0 aliphatic carbocycles. The first-order valence-electron chi connectivity index (χ1n) is 9.38. The largest absolute Gasteiger partial charge is 0.482 e. The summed E-state index contributed by atoms with van der Waals surface area (Å²) in [6.45, 7) is -0.637. The number of halogens is 4. The van der Waals surface area contributed by atoms with Crippen molar-refractivity contribution < 1.29 is 31.9 Å². The molecule has 2 N–H and O–H groups in total. The van der Waals surface area contributed by atoms with E-state index in [0.717, 1.165) is 18.2 Å². The van der Waals surface area contributed by atoms with Crippen molar-refractivity contribution in [1.82, 2.24) is 0 Å². The van der Waals surface area contributed by atoms with E-state index in [0.29, 0.717) is 6.07 Å². The van der Waals surface area contributed by atoms with Crippen LogP contribution in [-0.2, 0) is 11.0 Å². The standard InChI is InChI=1S/C23H15F4N3O3/c24-18-7-3-2-6-16(18)22(32)29-15-9-10-19(17(11-15)23(25,26)27)30-21(31)13-33-20-8-4-1-5-14(20)12-28/h1-11H,13H2,(H,29,32)(H,30,31). The molecule has 3 aromatic rings. The maximum absolute atomic E-state index is 13.7. The number of hydrogen-bond acceptors (Lipinski definition) is 4. The van der Waals surface area contributed by atoms with Gasteiger partial charge < -0.3 is 15.4 Å². The third-order valence-corrected chi connectivity index (χ3v) is 4.34. The Balaban J connectivity index is 1.75. The molecule has 0 radical (unpaired) electrons. The van der Waals surface area contributed by atoms with E-state index >= 15 is 0 Å². The number of benzene rings is 3. The minimum Gasteiger partial charge on any atom is -0.482 e. The van der Waals surface area contributed by atoms with Gasteiger partial charge in [-0.2, -0.15) is 18.4 Å². The summed E-state index contributed by atoms with van der Waals surface area (Å²) in [6, 6.07) is 15.7. The number of hydrogen-bond donors (Lipinski definition) is 2. The number of alkyl halides is 3. The van der Waals surface area contributed by atoms with Crippen LogP contribution in [0.1, 0.15) is 21.5 Å². The Labute approximate surface area is 185 Å². The van der Waals surface area contributed by atoms with Gasteiger partial charge in [0.1, 0.15) is 17.6 Å². The zero-order chi connectivity index (χ0) is 24.0. The number of nitrogens with zero attached hydrogens (tertiary/aromatic N) is 1. The molecule has 0 unspecified atom stereocenters. The quantitative estimate of drug-likeness (QED) is 0.511. The van der Waals surface area contributed by atoms with Crippen LogP contribution >= 0.6 is 0 Å². The maximum Gasteiger partial charge on any atom is 0.418 e. The van der Waals surface area contributed by atoms with Crippen LogP contribution in [0.25, 0.3) is 0 Å². The second-order valence-electron chi connectivity index (χ2n) is 6.64. The normalized spacial score (nSPS) is 10.8. The molecule has 0 bridgehead atoms. The summed E-state index contributed by atoms with van der Waals surface area (Å²) in [5.41, 5.74) is -2.20. The van der Waals surface area contributed by atoms with E-state index in [2.05, 4.69) is 10.6 Å². The lowest BCUT2D eigenvalue weighted by Gasteiger charge is -2.16. The predicted molar refractivity (Wildman–Crippen MR) is 111 cm³/mol. The molecule has 0 spiro atoms. The number of amides is 2. The average Bonchev–Trinajstić information content (AvgIpc) is 2.78. The highest BCUT2D eigenvalue weighted by atomic mass is 19.4. The fourth-order valence-electron chi connectivity index (χ4n) is 2.82. The van der Waals surface area contributed by atoms with Gasteiger partial charge in [0.05, 0.1) is 22.4 Å². The van der Waals surface area contributed by atoms with Gasteiger partial charge in [0.15, 0.2) is 6.61 Å². The number of anilines is 2. The lowest BCUT2D eigenvalue weighted by molar-refractivity contribution is -0.137. The summed E-state index contributed by atoms with van der Waals surface area (Å²) in [5.74, 6) is -2.54. The zero-order valence-electron chi connectivity index (χ0n) is 16.7. The molecule has 33 heavy (non-hydrogen) atoms. The number of rotatable bonds is 6. The molecule has 3 aromatic carbocycles. The van der Waals surface area contributed by atoms with Crippen molar-refractivity contribution in [3.63, 3.8) is 0 Å². The minimum absolute atomic E-state index is 0.109. The van der Waals surface area contributed by atoms with Gasteiger partial charge in [0.2, 0.25) is 0 Å². The Morgan fingerprint density at radius 3 is 2.36 bits per heavy atom. The first kappa shape index (κ1) is 23.3. The molecule has 0 aromatic heterocycles. The summed E-state index contributed by atoms with van der Waals surface area (Å²) in [5, 5.41) is 13.3. The highest BCUT2D eigenvalue weighted by Gasteiger charge is 2.34. The molecule has 0 aliphatic rings. The summed E-state index contributed by atoms with van der Waals surface area (Å²) >= 11 is 0. The Morgan fingerprint density at radius 1 is 0.970 bits per heavy atom. The van der Waals surface area contributed by atoms with Gasteiger partial charge in [0.25, 0.3) is 11.8 Å². The van der Waals surface area contributed by atoms with Gasteiger partial charge in [-0.25, -0.2) is 4.39 Å². The van der Waals surface area contributed by atoms with Crippen molar-refractivity contribution in [3.05, 3.63) is 89.2 Å². The van der Waals surface area contributed by atoms with Crippen LogP contribution in [0, 0.1) is 17.1 Å². The average molecular weight is 457 g/mol. The van der Waals surface area contributed by atoms with E-state index in [4.69, 9.17) is 10.00 Å². The number of carbonyl (C=O) groups excluding carboxylic acids is 2. The van der Waals surface area contributed by atoms with Gasteiger partial charge in [-0.05, 0) is 42.5 Å². The van der Waals surface area contributed by atoms with Crippen molar-refractivity contribution in [1.29, 1.82) is 5.26 Å². The highest BCUT2D eigenvalue weighted by Crippen LogP contribution is 2.36. The summed E-state index contributed by atoms with van der Waals surface area (Å²) in [4.78, 5) is 24.3. The molecule has 0 aliphatic heterocycles. The Hall–Kier alpha value is -4.39. The lowest BCUT2D eigenvalue weighted by Crippen LogP contribution is -2.23. The maximum atomic E-state index is 13.7. The minimum atomic E-state index is -4.87. The molecular weight excluding hydrogens is 442 g/mol. The number of ether oxygens (including phenoxy) is 1. The summed E-state index contributed by atoms with van der Waals surface area (Å²) in [7, 11) is 0. The molecule has 0 saturated heterocycles. The monoisotopic (exact) mass is 457 g/mol. The Kier molecular flexibility index (Phi) is 6.93. The van der Waals surface area contributed by atoms with Crippen molar-refractivity contribution >= 4 is 23.2 Å². The van der Waals surface area contributed by atoms with Crippen LogP contribution in [0.2, 0.25) is 0 Å². The van der Waals surface area contributed by atoms with E-state index in [9.17, 15) is 27.2 Å². The molecular formula is C23H15F4N3O3. The van der Waals surface area contributed by atoms with Gasteiger partial charge in [-0.15, -0.1) is 0 Å². The smallest absolute Gasteiger partial charge is 0.418 e. The summed E-state index contributed by atoms with van der Waals surface area (Å²) < 4.78 is 59.6. The number of nitriles is 1. The molecule has 0 saturated carbocycles. The van der Waals surface area contributed by atoms with Crippen LogP contribution in [0.3, 0.4) is 0 Å².